The first kappa shape index (κ1) is 18.8. The number of piperidine rings is 1. The molecule has 112 valence electrons. The van der Waals surface area contributed by atoms with Crippen LogP contribution in [0.15, 0.2) is 4.99 Å². The molecule has 0 atom stereocenters. The van der Waals surface area contributed by atoms with Crippen LogP contribution in [-0.2, 0) is 9.53 Å². The number of likely N-dealkylation sites (tertiary alicyclic amines) is 1. The van der Waals surface area contributed by atoms with Gasteiger partial charge in [0.2, 0.25) is 0 Å². The van der Waals surface area contributed by atoms with Crippen molar-refractivity contribution in [1.82, 2.24) is 10.2 Å². The molecule has 7 heteroatoms. The van der Waals surface area contributed by atoms with Crippen LogP contribution < -0.4 is 5.32 Å². The lowest BCUT2D eigenvalue weighted by Gasteiger charge is -2.33. The molecule has 0 radical (unpaired) electrons. The summed E-state index contributed by atoms with van der Waals surface area (Å²) in [5.41, 5.74) is 0. The van der Waals surface area contributed by atoms with Gasteiger partial charge in [0, 0.05) is 32.4 Å². The number of aliphatic imine (C=N–C) groups is 1. The Morgan fingerprint density at radius 3 is 2.58 bits per heavy atom. The molecular weight excluding hydrogens is 377 g/mol. The summed E-state index contributed by atoms with van der Waals surface area (Å²) < 4.78 is 4.79. The zero-order valence-corrected chi connectivity index (χ0v) is 15.0. The molecule has 19 heavy (non-hydrogen) atoms. The van der Waals surface area contributed by atoms with Gasteiger partial charge in [-0.3, -0.25) is 9.79 Å². The number of esters is 1. The van der Waals surface area contributed by atoms with E-state index in [1.807, 2.05) is 11.8 Å². The minimum atomic E-state index is -0.0834. The summed E-state index contributed by atoms with van der Waals surface area (Å²) in [6.07, 6.45) is 3.78. The Hall–Kier alpha value is -0.180. The second-order valence-electron chi connectivity index (χ2n) is 4.25. The van der Waals surface area contributed by atoms with Crippen molar-refractivity contribution < 1.29 is 9.53 Å². The van der Waals surface area contributed by atoms with Crippen molar-refractivity contribution >= 4 is 47.7 Å². The SMILES string of the molecule is CN=C(NCCSC)N1CCC(C(=O)OC)CC1.I. The minimum Gasteiger partial charge on any atom is -0.469 e. The molecule has 1 fully saturated rings. The van der Waals surface area contributed by atoms with Crippen LogP contribution in [0.3, 0.4) is 0 Å². The van der Waals surface area contributed by atoms with Crippen molar-refractivity contribution in [2.75, 3.05) is 45.8 Å². The number of nitrogens with zero attached hydrogens (tertiary/aromatic N) is 2. The van der Waals surface area contributed by atoms with Gasteiger partial charge in [-0.1, -0.05) is 0 Å². The van der Waals surface area contributed by atoms with E-state index in [1.165, 1.54) is 7.11 Å². The normalized spacial score (nSPS) is 16.8. The summed E-state index contributed by atoms with van der Waals surface area (Å²) >= 11 is 1.81. The van der Waals surface area contributed by atoms with Gasteiger partial charge >= 0.3 is 5.97 Å². The molecule has 5 nitrogen and oxygen atoms in total. The molecule has 1 aliphatic heterocycles. The van der Waals surface area contributed by atoms with Crippen LogP contribution in [-0.4, -0.2) is 62.6 Å². The fourth-order valence-corrected chi connectivity index (χ4v) is 2.40. The molecule has 1 saturated heterocycles. The number of carbonyl (C=O) groups excluding carboxylic acids is 1. The highest BCUT2D eigenvalue weighted by atomic mass is 127. The Morgan fingerprint density at radius 1 is 1.47 bits per heavy atom. The molecule has 1 rings (SSSR count). The molecule has 0 amide bonds. The lowest BCUT2D eigenvalue weighted by atomic mass is 9.97. The third-order valence-electron chi connectivity index (χ3n) is 3.13. The molecule has 1 N–H and O–H groups in total. The molecule has 0 unspecified atom stereocenters. The summed E-state index contributed by atoms with van der Waals surface area (Å²) in [4.78, 5) is 17.9. The van der Waals surface area contributed by atoms with E-state index in [-0.39, 0.29) is 35.9 Å². The van der Waals surface area contributed by atoms with E-state index in [1.54, 1.807) is 7.05 Å². The number of carbonyl (C=O) groups is 1. The van der Waals surface area contributed by atoms with Gasteiger partial charge in [-0.05, 0) is 19.1 Å². The van der Waals surface area contributed by atoms with Crippen molar-refractivity contribution in [3.8, 4) is 0 Å². The van der Waals surface area contributed by atoms with Crippen LogP contribution in [0.4, 0.5) is 0 Å². The third-order valence-corrected chi connectivity index (χ3v) is 3.74. The van der Waals surface area contributed by atoms with E-state index in [0.717, 1.165) is 44.2 Å². The quantitative estimate of drug-likeness (QED) is 0.254. The van der Waals surface area contributed by atoms with Gasteiger partial charge in [-0.25, -0.2) is 0 Å². The molecule has 0 aromatic heterocycles. The fourth-order valence-electron chi connectivity index (χ4n) is 2.09. The van der Waals surface area contributed by atoms with Crippen LogP contribution in [0.1, 0.15) is 12.8 Å². The maximum absolute atomic E-state index is 11.4. The third kappa shape index (κ3) is 6.20. The van der Waals surface area contributed by atoms with E-state index < -0.39 is 0 Å². The average Bonchev–Trinajstić information content (AvgIpc) is 2.43. The highest BCUT2D eigenvalue weighted by molar-refractivity contribution is 14.0. The molecular formula is C12H24IN3O2S. The Bertz CT molecular complexity index is 295. The maximum atomic E-state index is 11.4. The number of thioether (sulfide) groups is 1. The second kappa shape index (κ2) is 10.6. The van der Waals surface area contributed by atoms with Gasteiger partial charge in [0.25, 0.3) is 0 Å². The molecule has 0 aromatic carbocycles. The van der Waals surface area contributed by atoms with Gasteiger partial charge in [0.05, 0.1) is 13.0 Å². The number of rotatable bonds is 4. The van der Waals surface area contributed by atoms with Gasteiger partial charge < -0.3 is 15.0 Å². The fraction of sp³-hybridized carbons (Fsp3) is 0.833. The summed E-state index contributed by atoms with van der Waals surface area (Å²) in [6.45, 7) is 2.64. The number of methoxy groups -OCH3 is 1. The van der Waals surface area contributed by atoms with E-state index in [0.29, 0.717) is 0 Å². The highest BCUT2D eigenvalue weighted by Gasteiger charge is 2.26. The monoisotopic (exact) mass is 401 g/mol. The Kier molecular flexibility index (Phi) is 10.5. The second-order valence-corrected chi connectivity index (χ2v) is 5.24. The zero-order valence-electron chi connectivity index (χ0n) is 11.8. The molecule has 0 aromatic rings. The summed E-state index contributed by atoms with van der Waals surface area (Å²) in [5.74, 6) is 1.97. The number of ether oxygens (including phenoxy) is 1. The van der Waals surface area contributed by atoms with Gasteiger partial charge in [0.1, 0.15) is 0 Å². The molecule has 0 aliphatic carbocycles. The van der Waals surface area contributed by atoms with Crippen molar-refractivity contribution in [3.05, 3.63) is 0 Å². The lowest BCUT2D eigenvalue weighted by molar-refractivity contribution is -0.146. The lowest BCUT2D eigenvalue weighted by Crippen LogP contribution is -2.47. The average molecular weight is 401 g/mol. The first-order valence-electron chi connectivity index (χ1n) is 6.25. The van der Waals surface area contributed by atoms with Crippen LogP contribution in [0.5, 0.6) is 0 Å². The first-order chi connectivity index (χ1) is 8.72. The molecule has 0 spiro atoms. The van der Waals surface area contributed by atoms with E-state index in [4.69, 9.17) is 4.74 Å². The molecule has 0 saturated carbocycles. The van der Waals surface area contributed by atoms with Crippen molar-refractivity contribution in [2.24, 2.45) is 10.9 Å². The van der Waals surface area contributed by atoms with Gasteiger partial charge in [-0.15, -0.1) is 24.0 Å². The number of halogens is 1. The van der Waals surface area contributed by atoms with Crippen LogP contribution in [0.25, 0.3) is 0 Å². The Morgan fingerprint density at radius 2 is 2.11 bits per heavy atom. The largest absolute Gasteiger partial charge is 0.469 e. The molecule has 1 aliphatic rings. The number of guanidine groups is 1. The van der Waals surface area contributed by atoms with Crippen molar-refractivity contribution in [2.45, 2.75) is 12.8 Å². The Labute approximate surface area is 136 Å². The zero-order chi connectivity index (χ0) is 13.4. The minimum absolute atomic E-state index is 0. The van der Waals surface area contributed by atoms with E-state index >= 15 is 0 Å². The van der Waals surface area contributed by atoms with E-state index in [9.17, 15) is 4.79 Å². The molecule has 0 bridgehead atoms. The smallest absolute Gasteiger partial charge is 0.308 e. The van der Waals surface area contributed by atoms with Gasteiger partial charge in [-0.2, -0.15) is 11.8 Å². The number of hydrogen-bond acceptors (Lipinski definition) is 4. The van der Waals surface area contributed by atoms with Crippen LogP contribution in [0.2, 0.25) is 0 Å². The predicted molar refractivity (Wildman–Crippen MR) is 91.5 cm³/mol. The Balaban J connectivity index is 0.00000324. The summed E-state index contributed by atoms with van der Waals surface area (Å²) in [6, 6.07) is 0. The maximum Gasteiger partial charge on any atom is 0.308 e. The first-order valence-corrected chi connectivity index (χ1v) is 7.64. The number of nitrogens with one attached hydrogen (secondary N) is 1. The summed E-state index contributed by atoms with van der Waals surface area (Å²) in [5, 5.41) is 3.34. The van der Waals surface area contributed by atoms with Crippen molar-refractivity contribution in [3.63, 3.8) is 0 Å². The molecule has 1 heterocycles. The number of hydrogen-bond donors (Lipinski definition) is 1. The van der Waals surface area contributed by atoms with Crippen LogP contribution >= 0.6 is 35.7 Å². The summed E-state index contributed by atoms with van der Waals surface area (Å²) in [7, 11) is 3.26. The van der Waals surface area contributed by atoms with E-state index in [2.05, 4.69) is 21.5 Å². The standard InChI is InChI=1S/C12H23N3O2S.HI/c1-13-12(14-6-9-18-3)15-7-4-10(5-8-15)11(16)17-2;/h10H,4-9H2,1-3H3,(H,13,14);1H. The highest BCUT2D eigenvalue weighted by Crippen LogP contribution is 2.18. The van der Waals surface area contributed by atoms with Crippen LogP contribution in [0, 0.1) is 5.92 Å². The van der Waals surface area contributed by atoms with Gasteiger partial charge in [0.15, 0.2) is 5.96 Å². The van der Waals surface area contributed by atoms with Crippen molar-refractivity contribution in [1.29, 1.82) is 0 Å². The topological polar surface area (TPSA) is 53.9 Å². The predicted octanol–water partition coefficient (Wildman–Crippen LogP) is 1.43.